The van der Waals surface area contributed by atoms with E-state index in [0.29, 0.717) is 6.61 Å². The fourth-order valence-corrected chi connectivity index (χ4v) is 0.866. The van der Waals surface area contributed by atoms with Crippen molar-refractivity contribution < 1.29 is 14.3 Å². The minimum absolute atomic E-state index is 0.238. The van der Waals surface area contributed by atoms with E-state index in [9.17, 15) is 9.59 Å². The maximum Gasteiger partial charge on any atom is 0.331 e. The molecule has 4 nitrogen and oxygen atoms in total. The zero-order chi connectivity index (χ0) is 10.5. The van der Waals surface area contributed by atoms with Crippen LogP contribution < -0.4 is 5.32 Å². The number of esters is 1. The molecule has 0 aliphatic carbocycles. The molecule has 0 saturated carbocycles. The molecule has 0 bridgehead atoms. The lowest BCUT2D eigenvalue weighted by Crippen LogP contribution is -2.49. The van der Waals surface area contributed by atoms with Gasteiger partial charge in [0, 0.05) is 6.92 Å². The van der Waals surface area contributed by atoms with E-state index >= 15 is 0 Å². The molecule has 4 heteroatoms. The van der Waals surface area contributed by atoms with Crippen LogP contribution in [0.4, 0.5) is 0 Å². The summed E-state index contributed by atoms with van der Waals surface area (Å²) < 4.78 is 4.90. The fourth-order valence-electron chi connectivity index (χ4n) is 0.866. The minimum Gasteiger partial charge on any atom is -0.464 e. The van der Waals surface area contributed by atoms with Crippen molar-refractivity contribution in [1.29, 1.82) is 0 Å². The van der Waals surface area contributed by atoms with Crippen molar-refractivity contribution >= 4 is 11.9 Å². The molecule has 0 heterocycles. The Labute approximate surface area is 78.6 Å². The van der Waals surface area contributed by atoms with E-state index in [0.717, 1.165) is 6.42 Å². The molecule has 0 aromatic carbocycles. The van der Waals surface area contributed by atoms with Gasteiger partial charge in [-0.15, -0.1) is 0 Å². The number of ether oxygens (including phenoxy) is 1. The second-order valence-corrected chi connectivity index (χ2v) is 3.44. The molecular formula is C9H17NO3. The first-order valence-electron chi connectivity index (χ1n) is 4.36. The number of carbonyl (C=O) groups is 2. The van der Waals surface area contributed by atoms with Gasteiger partial charge in [0.25, 0.3) is 0 Å². The first kappa shape index (κ1) is 11.9. The van der Waals surface area contributed by atoms with E-state index < -0.39 is 11.5 Å². The lowest BCUT2D eigenvalue weighted by Gasteiger charge is -2.22. The standard InChI is InChI=1S/C9H17NO3/c1-5-6-13-8(12)9(3,4)10-7(2)11/h5-6H2,1-4H3,(H,10,11). The molecule has 0 fully saturated rings. The van der Waals surface area contributed by atoms with E-state index in [1.165, 1.54) is 6.92 Å². The summed E-state index contributed by atoms with van der Waals surface area (Å²) in [6.45, 7) is 6.91. The summed E-state index contributed by atoms with van der Waals surface area (Å²) in [5.74, 6) is -0.636. The van der Waals surface area contributed by atoms with Gasteiger partial charge in [0.2, 0.25) is 5.91 Å². The zero-order valence-electron chi connectivity index (χ0n) is 8.64. The van der Waals surface area contributed by atoms with Crippen molar-refractivity contribution in [3.8, 4) is 0 Å². The number of rotatable bonds is 4. The van der Waals surface area contributed by atoms with Crippen molar-refractivity contribution in [1.82, 2.24) is 5.32 Å². The van der Waals surface area contributed by atoms with Crippen LogP contribution >= 0.6 is 0 Å². The van der Waals surface area contributed by atoms with Gasteiger partial charge < -0.3 is 10.1 Å². The van der Waals surface area contributed by atoms with Crippen LogP contribution in [0.25, 0.3) is 0 Å². The Morgan fingerprint density at radius 2 is 1.92 bits per heavy atom. The monoisotopic (exact) mass is 187 g/mol. The third-order valence-corrected chi connectivity index (χ3v) is 1.44. The number of amides is 1. The predicted molar refractivity (Wildman–Crippen MR) is 49.1 cm³/mol. The molecule has 1 amide bonds. The molecule has 1 N–H and O–H groups in total. The van der Waals surface area contributed by atoms with Crippen LogP contribution in [0.1, 0.15) is 34.1 Å². The summed E-state index contributed by atoms with van der Waals surface area (Å²) in [4.78, 5) is 22.0. The summed E-state index contributed by atoms with van der Waals surface area (Å²) in [5.41, 5.74) is -0.930. The highest BCUT2D eigenvalue weighted by atomic mass is 16.5. The molecule has 0 saturated heterocycles. The second-order valence-electron chi connectivity index (χ2n) is 3.44. The van der Waals surface area contributed by atoms with Crippen LogP contribution in [-0.4, -0.2) is 24.0 Å². The average Bonchev–Trinajstić information content (AvgIpc) is 1.97. The van der Waals surface area contributed by atoms with Crippen LogP contribution in [0.3, 0.4) is 0 Å². The number of hydrogen-bond acceptors (Lipinski definition) is 3. The molecule has 0 unspecified atom stereocenters. The first-order chi connectivity index (χ1) is 5.90. The van der Waals surface area contributed by atoms with Crippen molar-refractivity contribution in [3.63, 3.8) is 0 Å². The minimum atomic E-state index is -0.930. The van der Waals surface area contributed by atoms with Crippen LogP contribution in [0.15, 0.2) is 0 Å². The van der Waals surface area contributed by atoms with Crippen molar-refractivity contribution in [2.24, 2.45) is 0 Å². The van der Waals surface area contributed by atoms with Crippen molar-refractivity contribution in [3.05, 3.63) is 0 Å². The summed E-state index contributed by atoms with van der Waals surface area (Å²) >= 11 is 0. The van der Waals surface area contributed by atoms with Crippen LogP contribution in [-0.2, 0) is 14.3 Å². The van der Waals surface area contributed by atoms with Crippen molar-refractivity contribution in [2.45, 2.75) is 39.7 Å². The number of nitrogens with one attached hydrogen (secondary N) is 1. The van der Waals surface area contributed by atoms with E-state index in [4.69, 9.17) is 4.74 Å². The van der Waals surface area contributed by atoms with Crippen LogP contribution in [0.2, 0.25) is 0 Å². The summed E-state index contributed by atoms with van der Waals surface area (Å²) in [6, 6.07) is 0. The average molecular weight is 187 g/mol. The van der Waals surface area contributed by atoms with Gasteiger partial charge in [-0.3, -0.25) is 4.79 Å². The molecule has 0 aromatic rings. The van der Waals surface area contributed by atoms with E-state index in [1.807, 2.05) is 6.92 Å². The second kappa shape index (κ2) is 4.84. The van der Waals surface area contributed by atoms with Gasteiger partial charge in [-0.25, -0.2) is 4.79 Å². The highest BCUT2D eigenvalue weighted by Gasteiger charge is 2.29. The molecule has 0 aliphatic rings. The smallest absolute Gasteiger partial charge is 0.331 e. The molecule has 0 spiro atoms. The van der Waals surface area contributed by atoms with E-state index in [2.05, 4.69) is 5.32 Å². The number of carbonyl (C=O) groups excluding carboxylic acids is 2. The van der Waals surface area contributed by atoms with Gasteiger partial charge in [-0.05, 0) is 20.3 Å². The van der Waals surface area contributed by atoms with Gasteiger partial charge in [0.15, 0.2) is 0 Å². The van der Waals surface area contributed by atoms with Gasteiger partial charge >= 0.3 is 5.97 Å². The Bertz CT molecular complexity index is 199. The van der Waals surface area contributed by atoms with E-state index in [-0.39, 0.29) is 5.91 Å². The van der Waals surface area contributed by atoms with Gasteiger partial charge in [0.05, 0.1) is 6.61 Å². The maximum absolute atomic E-state index is 11.3. The Balaban J connectivity index is 4.10. The molecular weight excluding hydrogens is 170 g/mol. The largest absolute Gasteiger partial charge is 0.464 e. The lowest BCUT2D eigenvalue weighted by atomic mass is 10.1. The van der Waals surface area contributed by atoms with Crippen molar-refractivity contribution in [2.75, 3.05) is 6.61 Å². The molecule has 0 aliphatic heterocycles. The normalized spacial score (nSPS) is 10.8. The van der Waals surface area contributed by atoms with Crippen LogP contribution in [0, 0.1) is 0 Å². The highest BCUT2D eigenvalue weighted by molar-refractivity contribution is 5.86. The predicted octanol–water partition coefficient (Wildman–Crippen LogP) is 0.854. The SMILES string of the molecule is CCCOC(=O)C(C)(C)NC(C)=O. The Hall–Kier alpha value is -1.06. The molecule has 76 valence electrons. The Kier molecular flexibility index (Phi) is 4.45. The molecule has 0 rings (SSSR count). The summed E-state index contributed by atoms with van der Waals surface area (Å²) in [5, 5.41) is 2.51. The van der Waals surface area contributed by atoms with Gasteiger partial charge in [0.1, 0.15) is 5.54 Å². The Morgan fingerprint density at radius 1 is 1.38 bits per heavy atom. The zero-order valence-corrected chi connectivity index (χ0v) is 8.64. The highest BCUT2D eigenvalue weighted by Crippen LogP contribution is 2.05. The molecule has 0 atom stereocenters. The number of hydrogen-bond donors (Lipinski definition) is 1. The van der Waals surface area contributed by atoms with Gasteiger partial charge in [-0.2, -0.15) is 0 Å². The topological polar surface area (TPSA) is 55.4 Å². The van der Waals surface area contributed by atoms with E-state index in [1.54, 1.807) is 13.8 Å². The molecule has 0 radical (unpaired) electrons. The quantitative estimate of drug-likeness (QED) is 0.664. The third kappa shape index (κ3) is 4.50. The Morgan fingerprint density at radius 3 is 2.31 bits per heavy atom. The summed E-state index contributed by atoms with van der Waals surface area (Å²) in [6.07, 6.45) is 0.780. The fraction of sp³-hybridized carbons (Fsp3) is 0.778. The van der Waals surface area contributed by atoms with Gasteiger partial charge in [-0.1, -0.05) is 6.92 Å². The maximum atomic E-state index is 11.3. The molecule has 0 aromatic heterocycles. The summed E-state index contributed by atoms with van der Waals surface area (Å²) in [7, 11) is 0. The third-order valence-electron chi connectivity index (χ3n) is 1.44. The molecule has 13 heavy (non-hydrogen) atoms. The lowest BCUT2D eigenvalue weighted by molar-refractivity contribution is -0.152. The van der Waals surface area contributed by atoms with Crippen LogP contribution in [0.5, 0.6) is 0 Å². The first-order valence-corrected chi connectivity index (χ1v) is 4.36.